The third kappa shape index (κ3) is 1.90. The molecule has 1 aromatic heterocycles. The van der Waals surface area contributed by atoms with Crippen LogP contribution in [0.3, 0.4) is 0 Å². The van der Waals surface area contributed by atoms with Gasteiger partial charge in [0.05, 0.1) is 18.7 Å². The highest BCUT2D eigenvalue weighted by Crippen LogP contribution is 2.39. The lowest BCUT2D eigenvalue weighted by Crippen LogP contribution is -3.41. The number of Topliss-reactive ketones (excluding diaryl/α,β-unsaturated/α-hetero) is 1. The molecule has 4 nitrogen and oxygen atoms in total. The molecule has 0 saturated carbocycles. The van der Waals surface area contributed by atoms with E-state index in [0.717, 1.165) is 32.6 Å². The van der Waals surface area contributed by atoms with Gasteiger partial charge in [-0.15, -0.1) is 0 Å². The summed E-state index contributed by atoms with van der Waals surface area (Å²) >= 11 is 0. The first kappa shape index (κ1) is 14.3. The number of hydrogen-bond acceptors (Lipinski definition) is 2. The number of ketones is 1. The average Bonchev–Trinajstić information content (AvgIpc) is 2.50. The van der Waals surface area contributed by atoms with E-state index >= 15 is 0 Å². The van der Waals surface area contributed by atoms with Crippen LogP contribution in [0, 0.1) is 10.8 Å². The molecule has 4 heteroatoms. The van der Waals surface area contributed by atoms with Gasteiger partial charge in [-0.05, 0) is 25.5 Å². The predicted molar refractivity (Wildman–Crippen MR) is 83.4 cm³/mol. The van der Waals surface area contributed by atoms with Crippen LogP contribution in [0.25, 0.3) is 0 Å². The zero-order chi connectivity index (χ0) is 15.4. The molecule has 5 heterocycles. The van der Waals surface area contributed by atoms with Crippen molar-refractivity contribution < 1.29 is 14.6 Å². The van der Waals surface area contributed by atoms with Crippen molar-refractivity contribution in [2.24, 2.45) is 10.8 Å². The van der Waals surface area contributed by atoms with Crippen LogP contribution < -0.4 is 9.80 Å². The van der Waals surface area contributed by atoms with E-state index in [1.54, 1.807) is 9.80 Å². The van der Waals surface area contributed by atoms with Crippen molar-refractivity contribution in [3.05, 3.63) is 30.1 Å². The van der Waals surface area contributed by atoms with Gasteiger partial charge in [0.2, 0.25) is 6.17 Å². The first-order valence-corrected chi connectivity index (χ1v) is 8.72. The zero-order valence-corrected chi connectivity index (χ0v) is 13.7. The minimum absolute atomic E-state index is 0.0510. The molecular weight excluding hydrogens is 274 g/mol. The number of aromatic nitrogens is 1. The molecule has 2 N–H and O–H groups in total. The van der Waals surface area contributed by atoms with Gasteiger partial charge in [0, 0.05) is 12.4 Å². The first-order chi connectivity index (χ1) is 10.6. The van der Waals surface area contributed by atoms with Crippen LogP contribution in [0.1, 0.15) is 44.8 Å². The lowest BCUT2D eigenvalue weighted by molar-refractivity contribution is -1.18. The summed E-state index contributed by atoms with van der Waals surface area (Å²) in [6.07, 6.45) is 7.80. The maximum atomic E-state index is 13.1. The predicted octanol–water partition coefficient (Wildman–Crippen LogP) is -0.357. The number of nitrogens with zero attached hydrogens (tertiary/aromatic N) is 1. The topological polar surface area (TPSA) is 38.8 Å². The number of quaternary nitrogens is 2. The van der Waals surface area contributed by atoms with Gasteiger partial charge in [0.15, 0.2) is 5.78 Å². The average molecular weight is 301 g/mol. The highest BCUT2D eigenvalue weighted by molar-refractivity contribution is 5.91. The molecule has 0 amide bonds. The number of hydrogen-bond donors (Lipinski definition) is 2. The standard InChI is InChI=1S/C18H25N3O/c1-3-4-7-18-12-20-10-17(2,16(18)22)11-21(13-18)15(20)14-6-5-8-19-9-14/h5-6,8-9,15H,3-4,7,10-13H2,1-2H3/p+2. The number of pyridine rings is 1. The summed E-state index contributed by atoms with van der Waals surface area (Å²) in [7, 11) is 0. The Bertz CT molecular complexity index is 569. The number of rotatable bonds is 4. The Morgan fingerprint density at radius 3 is 2.59 bits per heavy atom. The number of carbonyl (C=O) groups excluding carboxylic acids is 1. The summed E-state index contributed by atoms with van der Waals surface area (Å²) in [4.78, 5) is 20.7. The molecule has 0 aliphatic carbocycles. The second-order valence-corrected chi connectivity index (χ2v) is 8.02. The third-order valence-electron chi connectivity index (χ3n) is 6.24. The van der Waals surface area contributed by atoms with Gasteiger partial charge in [-0.25, -0.2) is 0 Å². The molecule has 118 valence electrons. The second kappa shape index (κ2) is 4.87. The fraction of sp³-hybridized carbons (Fsp3) is 0.667. The van der Waals surface area contributed by atoms with Gasteiger partial charge < -0.3 is 0 Å². The SMILES string of the molecule is CCCCC12C[NH+]3CC(C)(C[NH+](C1)C3c1cccnc1)C2=O. The molecule has 5 rings (SSSR count). The van der Waals surface area contributed by atoms with Crippen molar-refractivity contribution in [3.63, 3.8) is 0 Å². The van der Waals surface area contributed by atoms with E-state index in [1.165, 1.54) is 18.4 Å². The van der Waals surface area contributed by atoms with Gasteiger partial charge in [-0.1, -0.05) is 19.8 Å². The summed E-state index contributed by atoms with van der Waals surface area (Å²) in [5.74, 6) is 0.575. The number of unbranched alkanes of at least 4 members (excludes halogenated alkanes) is 1. The monoisotopic (exact) mass is 301 g/mol. The van der Waals surface area contributed by atoms with E-state index < -0.39 is 0 Å². The summed E-state index contributed by atoms with van der Waals surface area (Å²) < 4.78 is 0. The summed E-state index contributed by atoms with van der Waals surface area (Å²) in [6.45, 7) is 8.51. The molecule has 4 bridgehead atoms. The molecule has 4 aliphatic heterocycles. The van der Waals surface area contributed by atoms with Crippen molar-refractivity contribution in [1.29, 1.82) is 0 Å². The lowest BCUT2D eigenvalue weighted by Gasteiger charge is -2.59. The van der Waals surface area contributed by atoms with Gasteiger partial charge in [0.1, 0.15) is 23.9 Å². The van der Waals surface area contributed by atoms with Crippen LogP contribution in [0.2, 0.25) is 0 Å². The van der Waals surface area contributed by atoms with Crippen molar-refractivity contribution in [2.45, 2.75) is 39.3 Å². The zero-order valence-electron chi connectivity index (χ0n) is 13.7. The molecule has 0 radical (unpaired) electrons. The maximum Gasteiger partial charge on any atom is 0.241 e. The molecule has 0 spiro atoms. The summed E-state index contributed by atoms with van der Waals surface area (Å²) in [5, 5.41) is 0. The van der Waals surface area contributed by atoms with Gasteiger partial charge >= 0.3 is 0 Å². The number of carbonyl (C=O) groups is 1. The fourth-order valence-corrected chi connectivity index (χ4v) is 5.60. The Morgan fingerprint density at radius 1 is 1.27 bits per heavy atom. The molecule has 4 aliphatic rings. The Morgan fingerprint density at radius 2 is 2.00 bits per heavy atom. The van der Waals surface area contributed by atoms with Gasteiger partial charge in [-0.3, -0.25) is 19.6 Å². The minimum Gasteiger partial charge on any atom is -0.297 e. The highest BCUT2D eigenvalue weighted by Gasteiger charge is 2.69. The Balaban J connectivity index is 1.69. The van der Waals surface area contributed by atoms with E-state index in [9.17, 15) is 4.79 Å². The molecular formula is C18H27N3O+2. The van der Waals surface area contributed by atoms with Crippen LogP contribution in [0.4, 0.5) is 0 Å². The summed E-state index contributed by atoms with van der Waals surface area (Å²) in [5.41, 5.74) is 1.19. The molecule has 4 saturated heterocycles. The van der Waals surface area contributed by atoms with E-state index in [-0.39, 0.29) is 10.8 Å². The van der Waals surface area contributed by atoms with Crippen molar-refractivity contribution in [1.82, 2.24) is 4.98 Å². The van der Waals surface area contributed by atoms with Crippen LogP contribution in [0.5, 0.6) is 0 Å². The van der Waals surface area contributed by atoms with E-state index in [1.807, 2.05) is 18.5 Å². The molecule has 0 aromatic carbocycles. The Hall–Kier alpha value is -1.26. The first-order valence-electron chi connectivity index (χ1n) is 8.72. The fourth-order valence-electron chi connectivity index (χ4n) is 5.60. The van der Waals surface area contributed by atoms with Gasteiger partial charge in [-0.2, -0.15) is 0 Å². The molecule has 22 heavy (non-hydrogen) atoms. The minimum atomic E-state index is -0.104. The molecule has 4 fully saturated rings. The van der Waals surface area contributed by atoms with Crippen LogP contribution in [0.15, 0.2) is 24.5 Å². The summed E-state index contributed by atoms with van der Waals surface area (Å²) in [6, 6.07) is 4.25. The third-order valence-corrected chi connectivity index (χ3v) is 6.24. The smallest absolute Gasteiger partial charge is 0.241 e. The van der Waals surface area contributed by atoms with Crippen molar-refractivity contribution in [2.75, 3.05) is 26.2 Å². The highest BCUT2D eigenvalue weighted by atomic mass is 16.1. The molecule has 2 unspecified atom stereocenters. The Labute approximate surface area is 132 Å². The van der Waals surface area contributed by atoms with Gasteiger partial charge in [0.25, 0.3) is 0 Å². The lowest BCUT2D eigenvalue weighted by atomic mass is 9.59. The largest absolute Gasteiger partial charge is 0.297 e. The molecule has 2 atom stereocenters. The van der Waals surface area contributed by atoms with Crippen LogP contribution >= 0.6 is 0 Å². The maximum absolute atomic E-state index is 13.1. The molecule has 1 aromatic rings. The number of piperidine rings is 2. The van der Waals surface area contributed by atoms with E-state index in [0.29, 0.717) is 11.9 Å². The van der Waals surface area contributed by atoms with Crippen LogP contribution in [-0.2, 0) is 4.79 Å². The van der Waals surface area contributed by atoms with E-state index in [4.69, 9.17) is 0 Å². The Kier molecular flexibility index (Phi) is 3.17. The van der Waals surface area contributed by atoms with Crippen LogP contribution in [-0.4, -0.2) is 36.9 Å². The van der Waals surface area contributed by atoms with Crippen molar-refractivity contribution >= 4 is 5.78 Å². The number of nitrogens with one attached hydrogen (secondary N) is 2. The van der Waals surface area contributed by atoms with E-state index in [2.05, 4.69) is 24.9 Å². The normalized spacial score (nSPS) is 42.8. The second-order valence-electron chi connectivity index (χ2n) is 8.02. The van der Waals surface area contributed by atoms with Crippen molar-refractivity contribution in [3.8, 4) is 0 Å². The quantitative estimate of drug-likeness (QED) is 0.797.